The van der Waals surface area contributed by atoms with E-state index in [1.807, 2.05) is 31.2 Å². The van der Waals surface area contributed by atoms with E-state index >= 15 is 0 Å². The van der Waals surface area contributed by atoms with E-state index < -0.39 is 0 Å². The number of rotatable bonds is 3. The van der Waals surface area contributed by atoms with Gasteiger partial charge in [0.25, 0.3) is 5.91 Å². The first-order chi connectivity index (χ1) is 11.0. The van der Waals surface area contributed by atoms with Crippen molar-refractivity contribution in [3.05, 3.63) is 58.6 Å². The first kappa shape index (κ1) is 15.9. The second-order valence-corrected chi connectivity index (χ2v) is 6.69. The molecule has 0 bridgehead atoms. The summed E-state index contributed by atoms with van der Waals surface area (Å²) in [7, 11) is 0. The molecule has 0 saturated heterocycles. The summed E-state index contributed by atoms with van der Waals surface area (Å²) in [6.45, 7) is 1.88. The molecule has 3 rings (SSSR count). The molecular weight excluding hydrogens is 332 g/mol. The summed E-state index contributed by atoms with van der Waals surface area (Å²) >= 11 is 7.63. The van der Waals surface area contributed by atoms with Crippen LogP contribution < -0.4 is 10.6 Å². The van der Waals surface area contributed by atoms with Crippen molar-refractivity contribution in [1.29, 1.82) is 0 Å². The number of nitrogens with one attached hydrogen (secondary N) is 2. The minimum Gasteiger partial charge on any atom is -0.345 e. The molecule has 2 aromatic rings. The molecule has 0 fully saturated rings. The SMILES string of the molecule is CC(NC(=O)c1ccc2c(c1)NC(=O)CS2)c1ccccc1Cl. The number of amides is 2. The highest BCUT2D eigenvalue weighted by molar-refractivity contribution is 8.00. The lowest BCUT2D eigenvalue weighted by Crippen LogP contribution is -2.27. The van der Waals surface area contributed by atoms with Crippen molar-refractivity contribution in [3.63, 3.8) is 0 Å². The molecule has 0 spiro atoms. The number of benzene rings is 2. The van der Waals surface area contributed by atoms with Crippen molar-refractivity contribution in [2.24, 2.45) is 0 Å². The van der Waals surface area contributed by atoms with E-state index in [-0.39, 0.29) is 17.9 Å². The molecule has 1 aliphatic heterocycles. The zero-order valence-corrected chi connectivity index (χ0v) is 14.0. The quantitative estimate of drug-likeness (QED) is 0.886. The highest BCUT2D eigenvalue weighted by Crippen LogP contribution is 2.32. The maximum Gasteiger partial charge on any atom is 0.251 e. The monoisotopic (exact) mass is 346 g/mol. The molecule has 2 aromatic carbocycles. The van der Waals surface area contributed by atoms with Crippen LogP contribution in [0.25, 0.3) is 0 Å². The molecule has 1 heterocycles. The first-order valence-corrected chi connectivity index (χ1v) is 8.53. The summed E-state index contributed by atoms with van der Waals surface area (Å²) in [6.07, 6.45) is 0. The Morgan fingerprint density at radius 3 is 2.87 bits per heavy atom. The lowest BCUT2D eigenvalue weighted by atomic mass is 10.1. The Labute approximate surface area is 143 Å². The van der Waals surface area contributed by atoms with Crippen LogP contribution in [0.3, 0.4) is 0 Å². The van der Waals surface area contributed by atoms with Crippen LogP contribution in [0.1, 0.15) is 28.9 Å². The van der Waals surface area contributed by atoms with E-state index in [4.69, 9.17) is 11.6 Å². The predicted octanol–water partition coefficient (Wildman–Crippen LogP) is 3.88. The van der Waals surface area contributed by atoms with Crippen molar-refractivity contribution in [1.82, 2.24) is 5.32 Å². The summed E-state index contributed by atoms with van der Waals surface area (Å²) in [4.78, 5) is 24.9. The van der Waals surface area contributed by atoms with Crippen molar-refractivity contribution in [2.75, 3.05) is 11.1 Å². The number of carbonyl (C=O) groups is 2. The van der Waals surface area contributed by atoms with Gasteiger partial charge < -0.3 is 10.6 Å². The van der Waals surface area contributed by atoms with E-state index in [1.54, 1.807) is 18.2 Å². The number of halogens is 1. The third-order valence-electron chi connectivity index (χ3n) is 3.59. The zero-order chi connectivity index (χ0) is 16.4. The summed E-state index contributed by atoms with van der Waals surface area (Å²) in [5.74, 6) is 0.150. The van der Waals surface area contributed by atoms with E-state index in [0.29, 0.717) is 22.0 Å². The van der Waals surface area contributed by atoms with Crippen molar-refractivity contribution >= 4 is 40.9 Å². The zero-order valence-electron chi connectivity index (χ0n) is 12.4. The number of carbonyl (C=O) groups excluding carboxylic acids is 2. The number of fused-ring (bicyclic) bond motifs is 1. The molecule has 6 heteroatoms. The van der Waals surface area contributed by atoms with Gasteiger partial charge in [0.05, 0.1) is 17.5 Å². The Kier molecular flexibility index (Phi) is 4.59. The smallest absolute Gasteiger partial charge is 0.251 e. The van der Waals surface area contributed by atoms with E-state index in [0.717, 1.165) is 10.5 Å². The Morgan fingerprint density at radius 2 is 2.09 bits per heavy atom. The molecule has 1 aliphatic rings. The van der Waals surface area contributed by atoms with Crippen LogP contribution in [-0.4, -0.2) is 17.6 Å². The largest absolute Gasteiger partial charge is 0.345 e. The molecule has 2 N–H and O–H groups in total. The van der Waals surface area contributed by atoms with Crippen LogP contribution in [0, 0.1) is 0 Å². The molecule has 4 nitrogen and oxygen atoms in total. The molecule has 1 unspecified atom stereocenters. The Bertz CT molecular complexity index is 779. The molecule has 0 aromatic heterocycles. The van der Waals surface area contributed by atoms with Gasteiger partial charge in [-0.2, -0.15) is 0 Å². The molecule has 1 atom stereocenters. The minimum absolute atomic E-state index is 0.0514. The van der Waals surface area contributed by atoms with Gasteiger partial charge in [0, 0.05) is 15.5 Å². The number of thioether (sulfide) groups is 1. The van der Waals surface area contributed by atoms with Gasteiger partial charge in [-0.25, -0.2) is 0 Å². The van der Waals surface area contributed by atoms with Gasteiger partial charge in [-0.15, -0.1) is 11.8 Å². The van der Waals surface area contributed by atoms with Gasteiger partial charge in [0.15, 0.2) is 0 Å². The first-order valence-electron chi connectivity index (χ1n) is 7.16. The van der Waals surface area contributed by atoms with Gasteiger partial charge in [-0.3, -0.25) is 9.59 Å². The van der Waals surface area contributed by atoms with Crippen LogP contribution >= 0.6 is 23.4 Å². The third kappa shape index (κ3) is 3.51. The van der Waals surface area contributed by atoms with E-state index in [9.17, 15) is 9.59 Å². The topological polar surface area (TPSA) is 58.2 Å². The minimum atomic E-state index is -0.212. The van der Waals surface area contributed by atoms with Crippen LogP contribution in [0.15, 0.2) is 47.4 Å². The predicted molar refractivity (Wildman–Crippen MR) is 93.1 cm³/mol. The maximum absolute atomic E-state index is 12.4. The van der Waals surface area contributed by atoms with Gasteiger partial charge in [0.2, 0.25) is 5.91 Å². The summed E-state index contributed by atoms with van der Waals surface area (Å²) in [5, 5.41) is 6.34. The average molecular weight is 347 g/mol. The molecule has 0 radical (unpaired) electrons. The van der Waals surface area contributed by atoms with E-state index in [2.05, 4.69) is 10.6 Å². The summed E-state index contributed by atoms with van der Waals surface area (Å²) < 4.78 is 0. The fourth-order valence-electron chi connectivity index (χ4n) is 2.41. The van der Waals surface area contributed by atoms with Crippen LogP contribution in [0.2, 0.25) is 5.02 Å². The number of hydrogen-bond acceptors (Lipinski definition) is 3. The third-order valence-corrected chi connectivity index (χ3v) is 5.01. The molecule has 118 valence electrons. The molecule has 23 heavy (non-hydrogen) atoms. The normalized spacial score (nSPS) is 14.6. The molecular formula is C17H15ClN2O2S. The Morgan fingerprint density at radius 1 is 1.30 bits per heavy atom. The Hall–Kier alpha value is -1.98. The van der Waals surface area contributed by atoms with Crippen LogP contribution in [0.4, 0.5) is 5.69 Å². The highest BCUT2D eigenvalue weighted by atomic mass is 35.5. The molecule has 0 aliphatic carbocycles. The summed E-state index contributed by atoms with van der Waals surface area (Å²) in [6, 6.07) is 12.5. The van der Waals surface area contributed by atoms with Gasteiger partial charge in [-0.05, 0) is 36.8 Å². The van der Waals surface area contributed by atoms with E-state index in [1.165, 1.54) is 11.8 Å². The van der Waals surface area contributed by atoms with Crippen molar-refractivity contribution in [3.8, 4) is 0 Å². The van der Waals surface area contributed by atoms with Crippen LogP contribution in [0.5, 0.6) is 0 Å². The van der Waals surface area contributed by atoms with Crippen molar-refractivity contribution < 1.29 is 9.59 Å². The number of anilines is 1. The van der Waals surface area contributed by atoms with Gasteiger partial charge in [-0.1, -0.05) is 29.8 Å². The number of hydrogen-bond donors (Lipinski definition) is 2. The Balaban J connectivity index is 1.77. The molecule has 0 saturated carbocycles. The fourth-order valence-corrected chi connectivity index (χ4v) is 3.50. The van der Waals surface area contributed by atoms with Crippen molar-refractivity contribution in [2.45, 2.75) is 17.9 Å². The lowest BCUT2D eigenvalue weighted by molar-refractivity contribution is -0.113. The second-order valence-electron chi connectivity index (χ2n) is 5.26. The van der Waals surface area contributed by atoms with Gasteiger partial charge >= 0.3 is 0 Å². The maximum atomic E-state index is 12.4. The fraction of sp³-hybridized carbons (Fsp3) is 0.176. The second kappa shape index (κ2) is 6.64. The van der Waals surface area contributed by atoms with Gasteiger partial charge in [0.1, 0.15) is 0 Å². The molecule has 2 amide bonds. The summed E-state index contributed by atoms with van der Waals surface area (Å²) in [5.41, 5.74) is 2.05. The lowest BCUT2D eigenvalue weighted by Gasteiger charge is -2.19. The standard InChI is InChI=1S/C17H15ClN2O2S/c1-10(12-4-2-3-5-13(12)18)19-17(22)11-6-7-15-14(8-11)20-16(21)9-23-15/h2-8,10H,9H2,1H3,(H,19,22)(H,20,21). The van der Waals surface area contributed by atoms with Crippen LogP contribution in [-0.2, 0) is 4.79 Å². The highest BCUT2D eigenvalue weighted by Gasteiger charge is 2.18. The average Bonchev–Trinajstić information content (AvgIpc) is 2.54.